The average molecular weight is 152 g/mol. The number of rotatable bonds is 1. The highest BCUT2D eigenvalue weighted by Gasteiger charge is 2.26. The van der Waals surface area contributed by atoms with E-state index in [1.165, 1.54) is 11.1 Å². The molecule has 1 fully saturated rings. The summed E-state index contributed by atoms with van der Waals surface area (Å²) in [6, 6.07) is 0. The van der Waals surface area contributed by atoms with Gasteiger partial charge >= 0.3 is 0 Å². The standard InChI is InChI=1S/C10H16O/c1-7(2)9-4-8(3)10(5-9)6-11/h6,8,10H,4-5H2,1-3H3. The fraction of sp³-hybridized carbons (Fsp3) is 0.700. The van der Waals surface area contributed by atoms with Crippen molar-refractivity contribution in [2.24, 2.45) is 11.8 Å². The van der Waals surface area contributed by atoms with Crippen molar-refractivity contribution in [2.75, 3.05) is 0 Å². The van der Waals surface area contributed by atoms with Gasteiger partial charge in [-0.05, 0) is 32.6 Å². The first-order valence-electron chi connectivity index (χ1n) is 4.25. The van der Waals surface area contributed by atoms with Gasteiger partial charge in [0.1, 0.15) is 6.29 Å². The summed E-state index contributed by atoms with van der Waals surface area (Å²) < 4.78 is 0. The van der Waals surface area contributed by atoms with Gasteiger partial charge in [0.2, 0.25) is 0 Å². The summed E-state index contributed by atoms with van der Waals surface area (Å²) >= 11 is 0. The highest BCUT2D eigenvalue weighted by Crippen LogP contribution is 2.35. The van der Waals surface area contributed by atoms with Crippen LogP contribution in [0.2, 0.25) is 0 Å². The van der Waals surface area contributed by atoms with E-state index in [4.69, 9.17) is 0 Å². The van der Waals surface area contributed by atoms with Crippen molar-refractivity contribution >= 4 is 6.29 Å². The maximum Gasteiger partial charge on any atom is 0.123 e. The molecule has 0 heterocycles. The molecular formula is C10H16O. The summed E-state index contributed by atoms with van der Waals surface area (Å²) in [6.07, 6.45) is 3.25. The molecule has 0 aromatic heterocycles. The third-order valence-electron chi connectivity index (χ3n) is 2.66. The summed E-state index contributed by atoms with van der Waals surface area (Å²) in [5.74, 6) is 0.859. The van der Waals surface area contributed by atoms with Crippen LogP contribution in [0.15, 0.2) is 11.1 Å². The molecule has 62 valence electrons. The van der Waals surface area contributed by atoms with E-state index in [0.717, 1.165) is 19.1 Å². The van der Waals surface area contributed by atoms with E-state index in [1.54, 1.807) is 0 Å². The predicted octanol–water partition coefficient (Wildman–Crippen LogP) is 2.57. The zero-order valence-corrected chi connectivity index (χ0v) is 7.55. The Bertz CT molecular complexity index is 187. The number of hydrogen-bond acceptors (Lipinski definition) is 1. The molecule has 0 spiro atoms. The van der Waals surface area contributed by atoms with Gasteiger partial charge < -0.3 is 4.79 Å². The molecule has 1 heteroatoms. The minimum Gasteiger partial charge on any atom is -0.303 e. The minimum atomic E-state index is 0.292. The maximum absolute atomic E-state index is 10.6. The lowest BCUT2D eigenvalue weighted by molar-refractivity contribution is -0.111. The van der Waals surface area contributed by atoms with E-state index in [-0.39, 0.29) is 0 Å². The molecule has 0 saturated heterocycles. The lowest BCUT2D eigenvalue weighted by Gasteiger charge is -2.03. The van der Waals surface area contributed by atoms with E-state index in [9.17, 15) is 4.79 Å². The van der Waals surface area contributed by atoms with Crippen LogP contribution >= 0.6 is 0 Å². The van der Waals surface area contributed by atoms with E-state index >= 15 is 0 Å². The third-order valence-corrected chi connectivity index (χ3v) is 2.66. The molecule has 0 aliphatic heterocycles. The summed E-state index contributed by atoms with van der Waals surface area (Å²) in [6.45, 7) is 6.43. The number of carbonyl (C=O) groups excluding carboxylic acids is 1. The van der Waals surface area contributed by atoms with Crippen molar-refractivity contribution in [2.45, 2.75) is 33.6 Å². The topological polar surface area (TPSA) is 17.1 Å². The number of allylic oxidation sites excluding steroid dienone is 2. The molecule has 0 N–H and O–H groups in total. The Morgan fingerprint density at radius 1 is 1.45 bits per heavy atom. The summed E-state index contributed by atoms with van der Waals surface area (Å²) in [4.78, 5) is 10.6. The fourth-order valence-electron chi connectivity index (χ4n) is 1.70. The Hall–Kier alpha value is -0.590. The van der Waals surface area contributed by atoms with Crippen LogP contribution in [0, 0.1) is 11.8 Å². The molecule has 0 aromatic carbocycles. The molecule has 0 amide bonds. The van der Waals surface area contributed by atoms with Gasteiger partial charge in [-0.1, -0.05) is 18.1 Å². The van der Waals surface area contributed by atoms with Crippen molar-refractivity contribution in [3.05, 3.63) is 11.1 Å². The molecule has 0 aromatic rings. The van der Waals surface area contributed by atoms with Crippen LogP contribution in [0.5, 0.6) is 0 Å². The SMILES string of the molecule is CC(C)=C1CC(C)C(C=O)C1. The summed E-state index contributed by atoms with van der Waals surface area (Å²) in [7, 11) is 0. The molecule has 1 saturated carbocycles. The van der Waals surface area contributed by atoms with Crippen molar-refractivity contribution in [1.29, 1.82) is 0 Å². The summed E-state index contributed by atoms with van der Waals surface area (Å²) in [5.41, 5.74) is 2.90. The van der Waals surface area contributed by atoms with Crippen molar-refractivity contribution in [1.82, 2.24) is 0 Å². The average Bonchev–Trinajstić information content (AvgIpc) is 2.31. The fourth-order valence-corrected chi connectivity index (χ4v) is 1.70. The second-order valence-corrected chi connectivity index (χ2v) is 3.79. The van der Waals surface area contributed by atoms with Crippen molar-refractivity contribution in [3.63, 3.8) is 0 Å². The third kappa shape index (κ3) is 1.70. The number of carbonyl (C=O) groups is 1. The highest BCUT2D eigenvalue weighted by molar-refractivity contribution is 5.56. The zero-order chi connectivity index (χ0) is 8.43. The lowest BCUT2D eigenvalue weighted by atomic mass is 10.0. The number of hydrogen-bond donors (Lipinski definition) is 0. The maximum atomic E-state index is 10.6. The van der Waals surface area contributed by atoms with Gasteiger partial charge in [-0.15, -0.1) is 0 Å². The number of aldehydes is 1. The Morgan fingerprint density at radius 3 is 2.36 bits per heavy atom. The summed E-state index contributed by atoms with van der Waals surface area (Å²) in [5, 5.41) is 0. The monoisotopic (exact) mass is 152 g/mol. The second-order valence-electron chi connectivity index (χ2n) is 3.79. The largest absolute Gasteiger partial charge is 0.303 e. The molecule has 1 aliphatic carbocycles. The quantitative estimate of drug-likeness (QED) is 0.417. The van der Waals surface area contributed by atoms with E-state index in [0.29, 0.717) is 11.8 Å². The van der Waals surface area contributed by atoms with Gasteiger partial charge in [0.05, 0.1) is 0 Å². The molecule has 2 unspecified atom stereocenters. The zero-order valence-electron chi connectivity index (χ0n) is 7.55. The van der Waals surface area contributed by atoms with Gasteiger partial charge in [0, 0.05) is 5.92 Å². The van der Waals surface area contributed by atoms with Gasteiger partial charge in [-0.25, -0.2) is 0 Å². The molecule has 1 nitrogen and oxygen atoms in total. The van der Waals surface area contributed by atoms with Crippen LogP contribution in [0.4, 0.5) is 0 Å². The molecule has 2 atom stereocenters. The van der Waals surface area contributed by atoms with Gasteiger partial charge in [-0.2, -0.15) is 0 Å². The first kappa shape index (κ1) is 8.51. The van der Waals surface area contributed by atoms with Crippen LogP contribution in [-0.2, 0) is 4.79 Å². The van der Waals surface area contributed by atoms with E-state index in [1.807, 2.05) is 0 Å². The van der Waals surface area contributed by atoms with Gasteiger partial charge in [0.15, 0.2) is 0 Å². The molecule has 1 rings (SSSR count). The molecule has 1 aliphatic rings. The van der Waals surface area contributed by atoms with E-state index in [2.05, 4.69) is 20.8 Å². The second kappa shape index (κ2) is 3.21. The van der Waals surface area contributed by atoms with Gasteiger partial charge in [0.25, 0.3) is 0 Å². The van der Waals surface area contributed by atoms with E-state index < -0.39 is 0 Å². The van der Waals surface area contributed by atoms with Crippen molar-refractivity contribution in [3.8, 4) is 0 Å². The Kier molecular flexibility index (Phi) is 2.48. The minimum absolute atomic E-state index is 0.292. The molecular weight excluding hydrogens is 136 g/mol. The van der Waals surface area contributed by atoms with Crippen LogP contribution < -0.4 is 0 Å². The molecule has 0 radical (unpaired) electrons. The van der Waals surface area contributed by atoms with Crippen LogP contribution in [0.25, 0.3) is 0 Å². The predicted molar refractivity (Wildman–Crippen MR) is 46.3 cm³/mol. The first-order valence-corrected chi connectivity index (χ1v) is 4.25. The van der Waals surface area contributed by atoms with Gasteiger partial charge in [-0.3, -0.25) is 0 Å². The molecule has 0 bridgehead atoms. The Balaban J connectivity index is 2.71. The van der Waals surface area contributed by atoms with Crippen molar-refractivity contribution < 1.29 is 4.79 Å². The van der Waals surface area contributed by atoms with Crippen LogP contribution in [0.3, 0.4) is 0 Å². The van der Waals surface area contributed by atoms with Crippen LogP contribution in [0.1, 0.15) is 33.6 Å². The Morgan fingerprint density at radius 2 is 2.09 bits per heavy atom. The smallest absolute Gasteiger partial charge is 0.123 e. The first-order chi connectivity index (χ1) is 5.15. The lowest BCUT2D eigenvalue weighted by Crippen LogP contribution is -2.03. The normalized spacial score (nSPS) is 30.6. The Labute approximate surface area is 68.5 Å². The molecule has 11 heavy (non-hydrogen) atoms. The highest BCUT2D eigenvalue weighted by atomic mass is 16.1. The van der Waals surface area contributed by atoms with Crippen LogP contribution in [-0.4, -0.2) is 6.29 Å².